The first-order valence-electron chi connectivity index (χ1n) is 14.5. The lowest BCUT2D eigenvalue weighted by atomic mass is 10.0. The summed E-state index contributed by atoms with van der Waals surface area (Å²) in [5, 5.41) is 18.4. The zero-order chi connectivity index (χ0) is 24.7. The van der Waals surface area contributed by atoms with E-state index in [2.05, 4.69) is 41.2 Å². The normalized spacial score (nSPS) is 12.2. The molecular weight excluding hydrogens is 392 g/mol. The lowest BCUT2D eigenvalue weighted by Gasteiger charge is -2.06. The quantitative estimate of drug-likeness (QED) is 0.133. The van der Waals surface area contributed by atoms with Crippen LogP contribution in [0.3, 0.4) is 0 Å². The van der Waals surface area contributed by atoms with Crippen molar-refractivity contribution < 1.29 is 10.2 Å². The van der Waals surface area contributed by atoms with Crippen LogP contribution in [0.5, 0.6) is 0 Å². The molecule has 2 atom stereocenters. The fourth-order valence-electron chi connectivity index (χ4n) is 3.50. The summed E-state index contributed by atoms with van der Waals surface area (Å²) >= 11 is 0. The van der Waals surface area contributed by atoms with Crippen molar-refractivity contribution in [1.82, 2.24) is 0 Å². The molecular formula is C30H64O2. The predicted molar refractivity (Wildman–Crippen MR) is 148 cm³/mol. The Morgan fingerprint density at radius 1 is 0.500 bits per heavy atom. The Morgan fingerprint density at radius 2 is 0.844 bits per heavy atom. The van der Waals surface area contributed by atoms with Crippen LogP contribution >= 0.6 is 0 Å². The van der Waals surface area contributed by atoms with Gasteiger partial charge in [0.2, 0.25) is 0 Å². The lowest BCUT2D eigenvalue weighted by Crippen LogP contribution is -2.03. The fraction of sp³-hybridized carbons (Fsp3) is 0.933. The lowest BCUT2D eigenvalue weighted by molar-refractivity contribution is 0.156. The molecule has 0 rings (SSSR count). The summed E-state index contributed by atoms with van der Waals surface area (Å²) in [6.07, 6.45) is 28.2. The van der Waals surface area contributed by atoms with E-state index in [1.165, 1.54) is 96.3 Å². The number of hydrogen-bond acceptors (Lipinski definition) is 2. The maximum atomic E-state index is 9.33. The van der Waals surface area contributed by atoms with Gasteiger partial charge in [0.05, 0.1) is 12.2 Å². The highest BCUT2D eigenvalue weighted by atomic mass is 16.3. The van der Waals surface area contributed by atoms with Gasteiger partial charge in [0.25, 0.3) is 0 Å². The van der Waals surface area contributed by atoms with Crippen LogP contribution in [0.15, 0.2) is 12.7 Å². The van der Waals surface area contributed by atoms with Gasteiger partial charge in [-0.3, -0.25) is 0 Å². The Balaban J connectivity index is -0.000000411. The minimum atomic E-state index is -0.151. The van der Waals surface area contributed by atoms with Crippen molar-refractivity contribution >= 4 is 0 Å². The number of aliphatic hydroxyl groups is 2. The zero-order valence-electron chi connectivity index (χ0n) is 23.2. The molecule has 0 aliphatic carbocycles. The van der Waals surface area contributed by atoms with Crippen molar-refractivity contribution in [2.45, 2.75) is 182 Å². The highest BCUT2D eigenvalue weighted by Crippen LogP contribution is 2.11. The molecule has 0 amide bonds. The van der Waals surface area contributed by atoms with Gasteiger partial charge in [0, 0.05) is 0 Å². The molecule has 2 heteroatoms. The summed E-state index contributed by atoms with van der Waals surface area (Å²) in [6, 6.07) is 0. The van der Waals surface area contributed by atoms with Crippen LogP contribution < -0.4 is 0 Å². The van der Waals surface area contributed by atoms with Crippen LogP contribution in [-0.4, -0.2) is 22.4 Å². The minimum Gasteiger partial charge on any atom is -0.393 e. The summed E-state index contributed by atoms with van der Waals surface area (Å²) in [4.78, 5) is 0. The van der Waals surface area contributed by atoms with E-state index in [1.807, 2.05) is 0 Å². The molecule has 0 spiro atoms. The molecule has 0 aliphatic rings. The molecule has 0 saturated carbocycles. The molecule has 0 aromatic rings. The van der Waals surface area contributed by atoms with Gasteiger partial charge in [0.15, 0.2) is 0 Å². The predicted octanol–water partition coefficient (Wildman–Crippen LogP) is 10.2. The van der Waals surface area contributed by atoms with Gasteiger partial charge in [-0.2, -0.15) is 0 Å². The second kappa shape index (κ2) is 35.3. The molecule has 196 valence electrons. The molecule has 0 heterocycles. The van der Waals surface area contributed by atoms with Crippen molar-refractivity contribution in [3.05, 3.63) is 12.7 Å². The summed E-state index contributed by atoms with van der Waals surface area (Å²) < 4.78 is 0. The Morgan fingerprint density at radius 3 is 1.19 bits per heavy atom. The molecule has 0 saturated heterocycles. The minimum absolute atomic E-state index is 0.0462. The Labute approximate surface area is 204 Å². The van der Waals surface area contributed by atoms with Crippen LogP contribution in [0.2, 0.25) is 0 Å². The molecule has 0 radical (unpaired) electrons. The van der Waals surface area contributed by atoms with Gasteiger partial charge in [-0.05, 0) is 25.7 Å². The van der Waals surface area contributed by atoms with Gasteiger partial charge in [0.1, 0.15) is 0 Å². The third kappa shape index (κ3) is 40.1. The van der Waals surface area contributed by atoms with Gasteiger partial charge in [-0.1, -0.05) is 150 Å². The Kier molecular flexibility index (Phi) is 39.9. The maximum absolute atomic E-state index is 9.33. The Hall–Kier alpha value is -0.340. The first-order chi connectivity index (χ1) is 15.5. The van der Waals surface area contributed by atoms with E-state index in [0.717, 1.165) is 38.5 Å². The van der Waals surface area contributed by atoms with Crippen LogP contribution in [0.1, 0.15) is 169 Å². The first kappa shape index (κ1) is 36.2. The van der Waals surface area contributed by atoms with Crippen LogP contribution in [-0.2, 0) is 0 Å². The number of rotatable bonds is 21. The average Bonchev–Trinajstić information content (AvgIpc) is 2.80. The second-order valence-corrected chi connectivity index (χ2v) is 9.41. The SMILES string of the molecule is C=CCC(O)CCCC.CCCCCCCCC.CCCCCCCCCCC(O)CC. The van der Waals surface area contributed by atoms with Crippen LogP contribution in [0, 0.1) is 0 Å². The van der Waals surface area contributed by atoms with Crippen molar-refractivity contribution in [2.24, 2.45) is 0 Å². The highest BCUT2D eigenvalue weighted by Gasteiger charge is 1.99. The van der Waals surface area contributed by atoms with Gasteiger partial charge in [-0.25, -0.2) is 0 Å². The van der Waals surface area contributed by atoms with E-state index in [-0.39, 0.29) is 12.2 Å². The van der Waals surface area contributed by atoms with Crippen molar-refractivity contribution in [1.29, 1.82) is 0 Å². The third-order valence-electron chi connectivity index (χ3n) is 5.90. The van der Waals surface area contributed by atoms with Gasteiger partial charge >= 0.3 is 0 Å². The molecule has 2 unspecified atom stereocenters. The molecule has 0 aromatic carbocycles. The van der Waals surface area contributed by atoms with E-state index in [9.17, 15) is 5.11 Å². The molecule has 32 heavy (non-hydrogen) atoms. The summed E-state index contributed by atoms with van der Waals surface area (Å²) in [6.45, 7) is 14.5. The van der Waals surface area contributed by atoms with Gasteiger partial charge in [-0.15, -0.1) is 6.58 Å². The summed E-state index contributed by atoms with van der Waals surface area (Å²) in [5.74, 6) is 0. The molecule has 2 N–H and O–H groups in total. The number of aliphatic hydroxyl groups excluding tert-OH is 2. The maximum Gasteiger partial charge on any atom is 0.0574 e. The smallest absolute Gasteiger partial charge is 0.0574 e. The number of unbranched alkanes of at least 4 members (excludes halogenated alkanes) is 14. The monoisotopic (exact) mass is 456 g/mol. The fourth-order valence-corrected chi connectivity index (χ4v) is 3.50. The van der Waals surface area contributed by atoms with E-state index >= 15 is 0 Å². The molecule has 0 fully saturated rings. The second-order valence-electron chi connectivity index (χ2n) is 9.41. The van der Waals surface area contributed by atoms with E-state index in [0.29, 0.717) is 0 Å². The van der Waals surface area contributed by atoms with Crippen molar-refractivity contribution in [3.63, 3.8) is 0 Å². The molecule has 0 aliphatic heterocycles. The van der Waals surface area contributed by atoms with E-state index < -0.39 is 0 Å². The standard InChI is InChI=1S/C13H28O.C9H20.C8H16O/c1-3-5-6-7-8-9-10-11-12-13(14)4-2;1-3-5-7-9-8-6-4-2;1-3-5-7-8(9)6-4-2/h13-14H,3-12H2,1-2H3;3-9H2,1-2H3;4,8-9H,2-3,5-7H2,1H3. The van der Waals surface area contributed by atoms with Crippen LogP contribution in [0.25, 0.3) is 0 Å². The topological polar surface area (TPSA) is 40.5 Å². The average molecular weight is 457 g/mol. The van der Waals surface area contributed by atoms with E-state index in [4.69, 9.17) is 5.11 Å². The first-order valence-corrected chi connectivity index (χ1v) is 14.5. The van der Waals surface area contributed by atoms with Crippen molar-refractivity contribution in [3.8, 4) is 0 Å². The highest BCUT2D eigenvalue weighted by molar-refractivity contribution is 4.71. The zero-order valence-corrected chi connectivity index (χ0v) is 23.2. The Bertz CT molecular complexity index is 297. The molecule has 0 bridgehead atoms. The summed E-state index contributed by atoms with van der Waals surface area (Å²) in [7, 11) is 0. The van der Waals surface area contributed by atoms with Crippen molar-refractivity contribution in [2.75, 3.05) is 0 Å². The molecule has 0 aromatic heterocycles. The third-order valence-corrected chi connectivity index (χ3v) is 5.90. The molecule has 2 nitrogen and oxygen atoms in total. The largest absolute Gasteiger partial charge is 0.393 e. The number of hydrogen-bond donors (Lipinski definition) is 2. The summed E-state index contributed by atoms with van der Waals surface area (Å²) in [5.41, 5.74) is 0. The van der Waals surface area contributed by atoms with Gasteiger partial charge < -0.3 is 10.2 Å². The van der Waals surface area contributed by atoms with Crippen LogP contribution in [0.4, 0.5) is 0 Å². The van der Waals surface area contributed by atoms with E-state index in [1.54, 1.807) is 6.08 Å².